The molecule has 124 valence electrons. The Labute approximate surface area is 136 Å². The van der Waals surface area contributed by atoms with Gasteiger partial charge in [-0.05, 0) is 31.5 Å². The van der Waals surface area contributed by atoms with E-state index in [2.05, 4.69) is 0 Å². The predicted octanol–water partition coefficient (Wildman–Crippen LogP) is 2.84. The summed E-state index contributed by atoms with van der Waals surface area (Å²) in [5.41, 5.74) is 0.000575. The molecule has 1 N–H and O–H groups in total. The summed E-state index contributed by atoms with van der Waals surface area (Å²) in [6.45, 7) is 4.29. The fourth-order valence-corrected chi connectivity index (χ4v) is 2.34. The number of nitrogens with zero attached hydrogens (tertiary/aromatic N) is 1. The molecule has 1 aromatic heterocycles. The Morgan fingerprint density at radius 3 is 2.52 bits per heavy atom. The number of ether oxygens (including phenoxy) is 1. The minimum Gasteiger partial charge on any atom is -0.453 e. The van der Waals surface area contributed by atoms with Crippen LogP contribution in [0.4, 0.5) is 0 Å². The van der Waals surface area contributed by atoms with Crippen LogP contribution in [-0.4, -0.2) is 35.2 Å². The number of benzene rings is 1. The van der Waals surface area contributed by atoms with E-state index in [1.807, 2.05) is 30.3 Å². The van der Waals surface area contributed by atoms with Crippen molar-refractivity contribution >= 4 is 5.91 Å². The molecule has 0 saturated carbocycles. The van der Waals surface area contributed by atoms with E-state index in [1.54, 1.807) is 38.0 Å². The van der Waals surface area contributed by atoms with Crippen LogP contribution in [0.25, 0.3) is 0 Å². The van der Waals surface area contributed by atoms with Gasteiger partial charge in [0.2, 0.25) is 0 Å². The van der Waals surface area contributed by atoms with Gasteiger partial charge in [0, 0.05) is 20.2 Å². The van der Waals surface area contributed by atoms with E-state index >= 15 is 0 Å². The first-order chi connectivity index (χ1) is 10.9. The highest BCUT2D eigenvalue weighted by molar-refractivity contribution is 5.91. The van der Waals surface area contributed by atoms with Gasteiger partial charge in [0.1, 0.15) is 12.4 Å². The Bertz CT molecular complexity index is 628. The number of carbonyl (C=O) groups is 1. The van der Waals surface area contributed by atoms with E-state index in [4.69, 9.17) is 9.15 Å². The average molecular weight is 317 g/mol. The molecule has 0 bridgehead atoms. The Morgan fingerprint density at radius 1 is 1.22 bits per heavy atom. The van der Waals surface area contributed by atoms with E-state index in [9.17, 15) is 9.90 Å². The molecule has 1 aromatic carbocycles. The van der Waals surface area contributed by atoms with Crippen molar-refractivity contribution in [1.82, 2.24) is 4.90 Å². The fourth-order valence-electron chi connectivity index (χ4n) is 2.34. The standard InChI is InChI=1S/C18H23NO4/c1-18(2,21)13-19(11-14-7-5-4-6-8-14)17(20)16-10-9-15(23-16)12-22-3/h4-10,21H,11-13H2,1-3H3. The quantitative estimate of drug-likeness (QED) is 0.853. The molecular formula is C18H23NO4. The fraction of sp³-hybridized carbons (Fsp3) is 0.389. The molecule has 0 radical (unpaired) electrons. The second-order valence-corrected chi connectivity index (χ2v) is 6.16. The molecule has 0 saturated heterocycles. The Kier molecular flexibility index (Phi) is 5.58. The van der Waals surface area contributed by atoms with E-state index in [0.29, 0.717) is 18.9 Å². The van der Waals surface area contributed by atoms with Crippen LogP contribution in [0.15, 0.2) is 46.9 Å². The van der Waals surface area contributed by atoms with Gasteiger partial charge in [0.25, 0.3) is 5.91 Å². The normalized spacial score (nSPS) is 11.5. The van der Waals surface area contributed by atoms with Crippen LogP contribution >= 0.6 is 0 Å². The van der Waals surface area contributed by atoms with Crippen molar-refractivity contribution in [3.05, 3.63) is 59.5 Å². The zero-order valence-corrected chi connectivity index (χ0v) is 13.8. The highest BCUT2D eigenvalue weighted by Crippen LogP contribution is 2.16. The maximum absolute atomic E-state index is 12.7. The van der Waals surface area contributed by atoms with E-state index in [-0.39, 0.29) is 18.2 Å². The van der Waals surface area contributed by atoms with Crippen molar-refractivity contribution in [3.8, 4) is 0 Å². The molecule has 0 unspecified atom stereocenters. The van der Waals surface area contributed by atoms with Crippen molar-refractivity contribution < 1.29 is 19.1 Å². The second kappa shape index (κ2) is 7.44. The van der Waals surface area contributed by atoms with E-state index in [0.717, 1.165) is 5.56 Å². The monoisotopic (exact) mass is 317 g/mol. The number of carbonyl (C=O) groups excluding carboxylic acids is 1. The van der Waals surface area contributed by atoms with Crippen LogP contribution in [0.1, 0.15) is 35.7 Å². The molecule has 2 aromatic rings. The van der Waals surface area contributed by atoms with Crippen LogP contribution in [0.3, 0.4) is 0 Å². The summed E-state index contributed by atoms with van der Waals surface area (Å²) in [4.78, 5) is 14.3. The summed E-state index contributed by atoms with van der Waals surface area (Å²) in [5, 5.41) is 10.1. The molecule has 1 amide bonds. The SMILES string of the molecule is COCc1ccc(C(=O)N(Cc2ccccc2)CC(C)(C)O)o1. The van der Waals surface area contributed by atoms with Gasteiger partial charge < -0.3 is 19.2 Å². The lowest BCUT2D eigenvalue weighted by Crippen LogP contribution is -2.41. The third-order valence-corrected chi connectivity index (χ3v) is 3.24. The first-order valence-corrected chi connectivity index (χ1v) is 7.52. The lowest BCUT2D eigenvalue weighted by Gasteiger charge is -2.28. The predicted molar refractivity (Wildman–Crippen MR) is 86.9 cm³/mol. The van der Waals surface area contributed by atoms with Gasteiger partial charge in [-0.25, -0.2) is 0 Å². The molecule has 0 aliphatic rings. The first kappa shape index (κ1) is 17.2. The largest absolute Gasteiger partial charge is 0.453 e. The Hall–Kier alpha value is -2.11. The number of methoxy groups -OCH3 is 1. The topological polar surface area (TPSA) is 62.9 Å². The minimum absolute atomic E-state index is 0.209. The molecule has 5 nitrogen and oxygen atoms in total. The summed E-state index contributed by atoms with van der Waals surface area (Å²) < 4.78 is 10.5. The maximum atomic E-state index is 12.7. The first-order valence-electron chi connectivity index (χ1n) is 7.52. The summed E-state index contributed by atoms with van der Waals surface area (Å²) >= 11 is 0. The van der Waals surface area contributed by atoms with Gasteiger partial charge in [-0.3, -0.25) is 4.79 Å². The number of amides is 1. The smallest absolute Gasteiger partial charge is 0.289 e. The number of hydrogen-bond acceptors (Lipinski definition) is 4. The van der Waals surface area contributed by atoms with Gasteiger partial charge >= 0.3 is 0 Å². The van der Waals surface area contributed by atoms with Crippen molar-refractivity contribution in [1.29, 1.82) is 0 Å². The van der Waals surface area contributed by atoms with Crippen LogP contribution in [0.5, 0.6) is 0 Å². The van der Waals surface area contributed by atoms with Crippen LogP contribution in [0, 0.1) is 0 Å². The molecule has 0 fully saturated rings. The maximum Gasteiger partial charge on any atom is 0.289 e. The van der Waals surface area contributed by atoms with E-state index in [1.165, 1.54) is 0 Å². The molecule has 23 heavy (non-hydrogen) atoms. The van der Waals surface area contributed by atoms with Crippen molar-refractivity contribution in [2.75, 3.05) is 13.7 Å². The molecule has 1 heterocycles. The summed E-state index contributed by atoms with van der Waals surface area (Å²) in [7, 11) is 1.57. The van der Waals surface area contributed by atoms with Gasteiger partial charge in [0.05, 0.1) is 5.60 Å². The molecule has 0 aliphatic carbocycles. The molecule has 5 heteroatoms. The number of aliphatic hydroxyl groups is 1. The summed E-state index contributed by atoms with van der Waals surface area (Å²) in [5.74, 6) is 0.592. The molecule has 2 rings (SSSR count). The highest BCUT2D eigenvalue weighted by atomic mass is 16.5. The summed E-state index contributed by atoms with van der Waals surface area (Å²) in [6.07, 6.45) is 0. The average Bonchev–Trinajstić information content (AvgIpc) is 2.94. The van der Waals surface area contributed by atoms with Crippen molar-refractivity contribution in [2.45, 2.75) is 32.6 Å². The molecule has 0 atom stereocenters. The zero-order chi connectivity index (χ0) is 16.9. The highest BCUT2D eigenvalue weighted by Gasteiger charge is 2.25. The molecule has 0 aliphatic heterocycles. The number of furan rings is 1. The van der Waals surface area contributed by atoms with Gasteiger partial charge in [-0.15, -0.1) is 0 Å². The third-order valence-electron chi connectivity index (χ3n) is 3.24. The van der Waals surface area contributed by atoms with Gasteiger partial charge in [-0.1, -0.05) is 30.3 Å². The van der Waals surface area contributed by atoms with E-state index < -0.39 is 5.60 Å². The lowest BCUT2D eigenvalue weighted by molar-refractivity contribution is 0.0261. The lowest BCUT2D eigenvalue weighted by atomic mass is 10.1. The zero-order valence-electron chi connectivity index (χ0n) is 13.8. The molecule has 0 spiro atoms. The summed E-state index contributed by atoms with van der Waals surface area (Å²) in [6, 6.07) is 13.0. The molecular weight excluding hydrogens is 294 g/mol. The minimum atomic E-state index is -0.994. The second-order valence-electron chi connectivity index (χ2n) is 6.16. The van der Waals surface area contributed by atoms with Gasteiger partial charge in [0.15, 0.2) is 5.76 Å². The third kappa shape index (κ3) is 5.23. The van der Waals surface area contributed by atoms with Crippen LogP contribution < -0.4 is 0 Å². The number of hydrogen-bond donors (Lipinski definition) is 1. The number of rotatable bonds is 7. The van der Waals surface area contributed by atoms with Gasteiger partial charge in [-0.2, -0.15) is 0 Å². The van der Waals surface area contributed by atoms with Crippen molar-refractivity contribution in [3.63, 3.8) is 0 Å². The van der Waals surface area contributed by atoms with Crippen LogP contribution in [-0.2, 0) is 17.9 Å². The van der Waals surface area contributed by atoms with Crippen LogP contribution in [0.2, 0.25) is 0 Å². The Morgan fingerprint density at radius 2 is 1.91 bits per heavy atom. The Balaban J connectivity index is 2.19. The van der Waals surface area contributed by atoms with Crippen molar-refractivity contribution in [2.24, 2.45) is 0 Å².